The van der Waals surface area contributed by atoms with Crippen LogP contribution in [0.25, 0.3) is 0 Å². The number of rotatable bonds is 1. The zero-order valence-corrected chi connectivity index (χ0v) is 7.01. The molecule has 4 N–H and O–H groups in total. The maximum atomic E-state index is 5.71. The number of fused-ring (bicyclic) bond motifs is 1. The van der Waals surface area contributed by atoms with Gasteiger partial charge >= 0.3 is 0 Å². The van der Waals surface area contributed by atoms with E-state index in [1.54, 1.807) is 0 Å². The second kappa shape index (κ2) is 2.75. The molecule has 0 saturated heterocycles. The van der Waals surface area contributed by atoms with E-state index >= 15 is 0 Å². The molecule has 0 spiro atoms. The van der Waals surface area contributed by atoms with Gasteiger partial charge in [0.1, 0.15) is 5.82 Å². The highest BCUT2D eigenvalue weighted by atomic mass is 14.9. The summed E-state index contributed by atoms with van der Waals surface area (Å²) in [6, 6.07) is 2.10. The van der Waals surface area contributed by atoms with E-state index in [0.29, 0.717) is 12.4 Å². The number of nitrogens with two attached hydrogens (primary N) is 2. The number of hydrogen-bond acceptors (Lipinski definition) is 3. The summed E-state index contributed by atoms with van der Waals surface area (Å²) >= 11 is 0. The van der Waals surface area contributed by atoms with Crippen LogP contribution >= 0.6 is 0 Å². The summed E-state index contributed by atoms with van der Waals surface area (Å²) in [5.74, 6) is 0.609. The Morgan fingerprint density at radius 3 is 3.00 bits per heavy atom. The van der Waals surface area contributed by atoms with Crippen molar-refractivity contribution in [2.75, 3.05) is 5.73 Å². The Morgan fingerprint density at radius 1 is 1.42 bits per heavy atom. The number of aromatic nitrogens is 1. The second-order valence-electron chi connectivity index (χ2n) is 3.20. The molecule has 0 aliphatic heterocycles. The molecule has 1 heterocycles. The number of pyridine rings is 1. The summed E-state index contributed by atoms with van der Waals surface area (Å²) in [6.07, 6.45) is 3.41. The van der Waals surface area contributed by atoms with Crippen LogP contribution in [0.5, 0.6) is 0 Å². The van der Waals surface area contributed by atoms with E-state index in [2.05, 4.69) is 11.1 Å². The average Bonchev–Trinajstić information content (AvgIpc) is 2.49. The van der Waals surface area contributed by atoms with E-state index in [4.69, 9.17) is 11.5 Å². The van der Waals surface area contributed by atoms with Crippen LogP contribution < -0.4 is 11.5 Å². The molecule has 12 heavy (non-hydrogen) atoms. The predicted molar refractivity (Wildman–Crippen MR) is 48.6 cm³/mol. The van der Waals surface area contributed by atoms with Gasteiger partial charge in [-0.1, -0.05) is 0 Å². The fourth-order valence-electron chi connectivity index (χ4n) is 1.70. The molecular formula is C9H13N3. The van der Waals surface area contributed by atoms with Gasteiger partial charge in [-0.05, 0) is 30.9 Å². The predicted octanol–water partition coefficient (Wildman–Crippen LogP) is 0.611. The lowest BCUT2D eigenvalue weighted by Crippen LogP contribution is -2.05. The Kier molecular flexibility index (Phi) is 1.73. The molecule has 0 atom stereocenters. The Hall–Kier alpha value is -1.09. The van der Waals surface area contributed by atoms with Crippen LogP contribution in [0.1, 0.15) is 23.2 Å². The van der Waals surface area contributed by atoms with Crippen molar-refractivity contribution in [1.29, 1.82) is 0 Å². The summed E-state index contributed by atoms with van der Waals surface area (Å²) in [4.78, 5) is 4.32. The smallest absolute Gasteiger partial charge is 0.128 e. The van der Waals surface area contributed by atoms with E-state index in [9.17, 15) is 0 Å². The molecule has 1 aliphatic carbocycles. The highest BCUT2D eigenvalue weighted by molar-refractivity contribution is 5.44. The standard InChI is InChI=1S/C9H13N3/c10-5-7-4-6-2-1-3-8(6)12-9(7)11/h4H,1-3,5,10H2,(H2,11,12). The largest absolute Gasteiger partial charge is 0.383 e. The number of anilines is 1. The van der Waals surface area contributed by atoms with Crippen molar-refractivity contribution < 1.29 is 0 Å². The van der Waals surface area contributed by atoms with E-state index < -0.39 is 0 Å². The van der Waals surface area contributed by atoms with E-state index in [-0.39, 0.29) is 0 Å². The lowest BCUT2D eigenvalue weighted by Gasteiger charge is -2.05. The lowest BCUT2D eigenvalue weighted by atomic mass is 10.1. The average molecular weight is 163 g/mol. The Bertz CT molecular complexity index is 306. The summed E-state index contributed by atoms with van der Waals surface area (Å²) in [6.45, 7) is 0.492. The maximum Gasteiger partial charge on any atom is 0.128 e. The van der Waals surface area contributed by atoms with Crippen molar-refractivity contribution in [3.05, 3.63) is 22.9 Å². The van der Waals surface area contributed by atoms with Gasteiger partial charge in [-0.25, -0.2) is 4.98 Å². The summed E-state index contributed by atoms with van der Waals surface area (Å²) in [5, 5.41) is 0. The molecule has 3 heteroatoms. The topological polar surface area (TPSA) is 64.9 Å². The van der Waals surface area contributed by atoms with Crippen LogP contribution in [-0.4, -0.2) is 4.98 Å². The van der Waals surface area contributed by atoms with Crippen molar-refractivity contribution in [2.45, 2.75) is 25.8 Å². The minimum absolute atomic E-state index is 0.492. The number of nitrogens with zero attached hydrogens (tertiary/aromatic N) is 1. The van der Waals surface area contributed by atoms with Crippen molar-refractivity contribution >= 4 is 5.82 Å². The SMILES string of the molecule is NCc1cc2c(nc1N)CCC2. The van der Waals surface area contributed by atoms with Crippen LogP contribution in [0.3, 0.4) is 0 Å². The summed E-state index contributed by atoms with van der Waals surface area (Å²) < 4.78 is 0. The van der Waals surface area contributed by atoms with Crippen molar-refractivity contribution in [3.63, 3.8) is 0 Å². The zero-order valence-electron chi connectivity index (χ0n) is 7.01. The molecule has 0 bridgehead atoms. The molecule has 1 aromatic rings. The van der Waals surface area contributed by atoms with Crippen LogP contribution in [-0.2, 0) is 19.4 Å². The molecule has 1 aromatic heterocycles. The molecule has 0 saturated carbocycles. The monoisotopic (exact) mass is 163 g/mol. The lowest BCUT2D eigenvalue weighted by molar-refractivity contribution is 0.900. The van der Waals surface area contributed by atoms with Gasteiger partial charge in [0.25, 0.3) is 0 Å². The molecule has 0 fully saturated rings. The molecule has 0 amide bonds. The summed E-state index contributed by atoms with van der Waals surface area (Å²) in [7, 11) is 0. The third-order valence-electron chi connectivity index (χ3n) is 2.38. The highest BCUT2D eigenvalue weighted by Crippen LogP contribution is 2.23. The van der Waals surface area contributed by atoms with Crippen molar-refractivity contribution in [1.82, 2.24) is 4.98 Å². The first-order valence-corrected chi connectivity index (χ1v) is 4.28. The van der Waals surface area contributed by atoms with Crippen LogP contribution in [0, 0.1) is 0 Å². The van der Waals surface area contributed by atoms with Gasteiger partial charge < -0.3 is 11.5 Å². The van der Waals surface area contributed by atoms with Gasteiger partial charge in [-0.3, -0.25) is 0 Å². The number of nitrogen functional groups attached to an aromatic ring is 1. The van der Waals surface area contributed by atoms with Gasteiger partial charge in [0.05, 0.1) is 0 Å². The molecule has 64 valence electrons. The maximum absolute atomic E-state index is 5.71. The minimum atomic E-state index is 0.492. The van der Waals surface area contributed by atoms with E-state index in [0.717, 1.165) is 18.4 Å². The van der Waals surface area contributed by atoms with Crippen LogP contribution in [0.4, 0.5) is 5.82 Å². The molecule has 0 radical (unpaired) electrons. The fourth-order valence-corrected chi connectivity index (χ4v) is 1.70. The molecule has 2 rings (SSSR count). The number of aryl methyl sites for hydroxylation is 2. The Balaban J connectivity index is 2.49. The Morgan fingerprint density at radius 2 is 2.25 bits per heavy atom. The molecular weight excluding hydrogens is 150 g/mol. The van der Waals surface area contributed by atoms with Crippen LogP contribution in [0.2, 0.25) is 0 Å². The number of hydrogen-bond donors (Lipinski definition) is 2. The molecule has 3 nitrogen and oxygen atoms in total. The second-order valence-corrected chi connectivity index (χ2v) is 3.20. The zero-order chi connectivity index (χ0) is 8.55. The van der Waals surface area contributed by atoms with E-state index in [1.807, 2.05) is 0 Å². The first kappa shape index (κ1) is 7.55. The normalized spacial score (nSPS) is 14.8. The Labute approximate surface area is 71.8 Å². The van der Waals surface area contributed by atoms with Gasteiger partial charge in [0.15, 0.2) is 0 Å². The third kappa shape index (κ3) is 1.06. The first-order chi connectivity index (χ1) is 5.81. The van der Waals surface area contributed by atoms with Crippen molar-refractivity contribution in [3.8, 4) is 0 Å². The molecule has 0 aromatic carbocycles. The quantitative estimate of drug-likeness (QED) is 0.637. The van der Waals surface area contributed by atoms with Crippen molar-refractivity contribution in [2.24, 2.45) is 5.73 Å². The van der Waals surface area contributed by atoms with Gasteiger partial charge in [-0.2, -0.15) is 0 Å². The minimum Gasteiger partial charge on any atom is -0.383 e. The summed E-state index contributed by atoms with van der Waals surface area (Å²) in [5.41, 5.74) is 14.7. The van der Waals surface area contributed by atoms with E-state index in [1.165, 1.54) is 17.7 Å². The first-order valence-electron chi connectivity index (χ1n) is 4.28. The van der Waals surface area contributed by atoms with Gasteiger partial charge in [0.2, 0.25) is 0 Å². The van der Waals surface area contributed by atoms with Crippen LogP contribution in [0.15, 0.2) is 6.07 Å². The molecule has 1 aliphatic rings. The molecule has 0 unspecified atom stereocenters. The fraction of sp³-hybridized carbons (Fsp3) is 0.444. The van der Waals surface area contributed by atoms with Gasteiger partial charge in [0, 0.05) is 17.8 Å². The van der Waals surface area contributed by atoms with Gasteiger partial charge in [-0.15, -0.1) is 0 Å². The highest BCUT2D eigenvalue weighted by Gasteiger charge is 2.13. The third-order valence-corrected chi connectivity index (χ3v) is 2.38.